The highest BCUT2D eigenvalue weighted by atomic mass is 16.5. The van der Waals surface area contributed by atoms with Gasteiger partial charge < -0.3 is 4.74 Å². The molecule has 1 nitrogen and oxygen atoms in total. The van der Waals surface area contributed by atoms with Crippen LogP contribution in [-0.2, 0) is 0 Å². The quantitative estimate of drug-likeness (QED) is 0.745. The van der Waals surface area contributed by atoms with Crippen molar-refractivity contribution >= 4 is 0 Å². The summed E-state index contributed by atoms with van der Waals surface area (Å²) in [4.78, 5) is 0. The topological polar surface area (TPSA) is 9.23 Å². The van der Waals surface area contributed by atoms with E-state index in [9.17, 15) is 0 Å². The number of terminal acetylenes is 1. The van der Waals surface area contributed by atoms with E-state index in [-0.39, 0.29) is 0 Å². The first-order valence-corrected chi connectivity index (χ1v) is 6.09. The lowest BCUT2D eigenvalue weighted by molar-refractivity contribution is 0.520. The zero-order valence-electron chi connectivity index (χ0n) is 11.1. The van der Waals surface area contributed by atoms with Gasteiger partial charge in [-0.3, -0.25) is 0 Å². The van der Waals surface area contributed by atoms with Crippen molar-refractivity contribution in [3.05, 3.63) is 54.1 Å². The molecule has 0 amide bonds. The van der Waals surface area contributed by atoms with Crippen LogP contribution in [0.25, 0.3) is 11.1 Å². The third kappa shape index (κ3) is 3.71. The average Bonchev–Trinajstić information content (AvgIpc) is 2.49. The summed E-state index contributed by atoms with van der Waals surface area (Å²) in [6.45, 7) is 2.07. The van der Waals surface area contributed by atoms with Gasteiger partial charge in [-0.15, -0.1) is 6.42 Å². The predicted molar refractivity (Wildman–Crippen MR) is 81.6 cm³/mol. The summed E-state index contributed by atoms with van der Waals surface area (Å²) in [6.07, 6.45) is 7.45. The molecule has 0 aliphatic rings. The van der Waals surface area contributed by atoms with Crippen LogP contribution in [0, 0.1) is 43.1 Å². The first-order chi connectivity index (χ1) is 9.79. The van der Waals surface area contributed by atoms with Crippen LogP contribution in [-0.4, -0.2) is 0 Å². The maximum absolute atomic E-state index is 5.23. The van der Waals surface area contributed by atoms with Crippen LogP contribution in [0.2, 0.25) is 0 Å². The summed E-state index contributed by atoms with van der Waals surface area (Å²) in [5.41, 5.74) is 3.56. The Balaban J connectivity index is 2.08. The third-order valence-corrected chi connectivity index (χ3v) is 2.66. The Bertz CT molecular complexity index is 736. The Hall–Kier alpha value is -3.08. The molecule has 0 radical (unpaired) electrons. The van der Waals surface area contributed by atoms with Gasteiger partial charge >= 0.3 is 0 Å². The normalized spacial score (nSPS) is 8.40. The minimum atomic E-state index is 0.677. The minimum Gasteiger partial charge on any atom is -0.407 e. The van der Waals surface area contributed by atoms with Gasteiger partial charge in [-0.05, 0) is 42.0 Å². The molecule has 1 heteroatoms. The summed E-state index contributed by atoms with van der Waals surface area (Å²) in [7, 11) is 0. The molecule has 0 aromatic heterocycles. The SMILES string of the molecule is C#CC#CC#COc1ccc(-c2ccc(C)cc2)cc1. The monoisotopic (exact) mass is 256 g/mol. The average molecular weight is 256 g/mol. The Kier molecular flexibility index (Phi) is 4.50. The molecule has 0 heterocycles. The number of ether oxygens (including phenoxy) is 1. The van der Waals surface area contributed by atoms with Gasteiger partial charge in [0.2, 0.25) is 0 Å². The molecule has 0 aliphatic heterocycles. The molecule has 2 aromatic rings. The Morgan fingerprint density at radius 1 is 0.800 bits per heavy atom. The van der Waals surface area contributed by atoms with E-state index in [2.05, 4.69) is 61.0 Å². The largest absolute Gasteiger partial charge is 0.407 e. The zero-order chi connectivity index (χ0) is 14.2. The molecule has 20 heavy (non-hydrogen) atoms. The van der Waals surface area contributed by atoms with Gasteiger partial charge in [-0.25, -0.2) is 0 Å². The molecule has 0 N–H and O–H groups in total. The summed E-state index contributed by atoms with van der Waals surface area (Å²) in [5.74, 6) is 10.2. The summed E-state index contributed by atoms with van der Waals surface area (Å²) < 4.78 is 5.23. The summed E-state index contributed by atoms with van der Waals surface area (Å²) >= 11 is 0. The third-order valence-electron chi connectivity index (χ3n) is 2.66. The fourth-order valence-corrected chi connectivity index (χ4v) is 1.64. The molecular weight excluding hydrogens is 244 g/mol. The molecule has 0 atom stereocenters. The van der Waals surface area contributed by atoms with E-state index in [1.54, 1.807) is 0 Å². The van der Waals surface area contributed by atoms with Gasteiger partial charge in [0, 0.05) is 11.8 Å². The van der Waals surface area contributed by atoms with Crippen molar-refractivity contribution in [2.45, 2.75) is 6.92 Å². The molecule has 0 fully saturated rings. The molecule has 0 saturated heterocycles. The first-order valence-electron chi connectivity index (χ1n) is 6.09. The molecule has 0 bridgehead atoms. The maximum atomic E-state index is 5.23. The van der Waals surface area contributed by atoms with Gasteiger partial charge in [0.15, 0.2) is 0 Å². The fourth-order valence-electron chi connectivity index (χ4n) is 1.64. The Labute approximate surface area is 119 Å². The lowest BCUT2D eigenvalue weighted by Gasteiger charge is -2.03. The van der Waals surface area contributed by atoms with E-state index in [1.807, 2.05) is 24.3 Å². The van der Waals surface area contributed by atoms with Crippen molar-refractivity contribution in [3.63, 3.8) is 0 Å². The minimum absolute atomic E-state index is 0.677. The predicted octanol–water partition coefficient (Wildman–Crippen LogP) is 3.64. The van der Waals surface area contributed by atoms with E-state index in [4.69, 9.17) is 11.2 Å². The van der Waals surface area contributed by atoms with Crippen molar-refractivity contribution < 1.29 is 4.74 Å². The van der Waals surface area contributed by atoms with E-state index in [1.165, 1.54) is 11.1 Å². The molecule has 94 valence electrons. The van der Waals surface area contributed by atoms with Gasteiger partial charge in [0.05, 0.1) is 0 Å². The second kappa shape index (κ2) is 6.75. The highest BCUT2D eigenvalue weighted by molar-refractivity contribution is 5.64. The molecule has 0 aliphatic carbocycles. The first kappa shape index (κ1) is 13.4. The van der Waals surface area contributed by atoms with Gasteiger partial charge in [-0.1, -0.05) is 42.0 Å². The van der Waals surface area contributed by atoms with Crippen molar-refractivity contribution in [1.82, 2.24) is 0 Å². The van der Waals surface area contributed by atoms with Gasteiger partial charge in [0.25, 0.3) is 0 Å². The zero-order valence-corrected chi connectivity index (χ0v) is 11.1. The van der Waals surface area contributed by atoms with Crippen LogP contribution in [0.3, 0.4) is 0 Å². The Morgan fingerprint density at radius 3 is 2.00 bits per heavy atom. The van der Waals surface area contributed by atoms with Crippen molar-refractivity contribution in [2.75, 3.05) is 0 Å². The van der Waals surface area contributed by atoms with Crippen molar-refractivity contribution in [3.8, 4) is 53.1 Å². The molecule has 0 unspecified atom stereocenters. The van der Waals surface area contributed by atoms with E-state index in [0.29, 0.717) is 5.75 Å². The second-order valence-electron chi connectivity index (χ2n) is 4.11. The number of aryl methyl sites for hydroxylation is 1. The number of benzene rings is 2. The van der Waals surface area contributed by atoms with Crippen LogP contribution in [0.15, 0.2) is 48.5 Å². The Morgan fingerprint density at radius 2 is 1.40 bits per heavy atom. The summed E-state index contributed by atoms with van der Waals surface area (Å²) in [5, 5.41) is 0. The van der Waals surface area contributed by atoms with Crippen molar-refractivity contribution in [2.24, 2.45) is 0 Å². The van der Waals surface area contributed by atoms with E-state index in [0.717, 1.165) is 5.56 Å². The lowest BCUT2D eigenvalue weighted by Crippen LogP contribution is -1.83. The number of hydrogen-bond donors (Lipinski definition) is 0. The lowest BCUT2D eigenvalue weighted by atomic mass is 10.0. The standard InChI is InChI=1S/C19H12O/c1-3-4-5-6-15-20-19-13-11-18(12-14-19)17-9-7-16(2)8-10-17/h1,7-14H,2H3. The highest BCUT2D eigenvalue weighted by Gasteiger charge is 1.98. The second-order valence-corrected chi connectivity index (χ2v) is 4.11. The summed E-state index contributed by atoms with van der Waals surface area (Å²) in [6, 6.07) is 16.1. The molecule has 2 aromatic carbocycles. The smallest absolute Gasteiger partial charge is 0.140 e. The molecular formula is C19H12O. The van der Waals surface area contributed by atoms with Crippen LogP contribution in [0.4, 0.5) is 0 Å². The van der Waals surface area contributed by atoms with Gasteiger partial charge in [0.1, 0.15) is 11.9 Å². The van der Waals surface area contributed by atoms with Crippen LogP contribution < -0.4 is 4.74 Å². The van der Waals surface area contributed by atoms with Crippen molar-refractivity contribution in [1.29, 1.82) is 0 Å². The maximum Gasteiger partial charge on any atom is 0.140 e. The molecule has 2 rings (SSSR count). The highest BCUT2D eigenvalue weighted by Crippen LogP contribution is 2.22. The van der Waals surface area contributed by atoms with Crippen LogP contribution >= 0.6 is 0 Å². The number of rotatable bonds is 2. The van der Waals surface area contributed by atoms with E-state index >= 15 is 0 Å². The number of hydrogen-bond acceptors (Lipinski definition) is 1. The fraction of sp³-hybridized carbons (Fsp3) is 0.0526. The van der Waals surface area contributed by atoms with Crippen LogP contribution in [0.5, 0.6) is 5.75 Å². The van der Waals surface area contributed by atoms with E-state index < -0.39 is 0 Å². The van der Waals surface area contributed by atoms with Gasteiger partial charge in [-0.2, -0.15) is 0 Å². The molecule has 0 saturated carbocycles. The van der Waals surface area contributed by atoms with Crippen LogP contribution in [0.1, 0.15) is 5.56 Å². The molecule has 0 spiro atoms.